The third-order valence-electron chi connectivity index (χ3n) is 4.03. The van der Waals surface area contributed by atoms with E-state index in [1.165, 1.54) is 4.88 Å². The normalized spacial score (nSPS) is 11.1. The highest BCUT2D eigenvalue weighted by Crippen LogP contribution is 2.19. The van der Waals surface area contributed by atoms with Crippen LogP contribution in [0.15, 0.2) is 29.3 Å². The van der Waals surface area contributed by atoms with Crippen LogP contribution in [0.25, 0.3) is 11.4 Å². The first-order chi connectivity index (χ1) is 13.6. The van der Waals surface area contributed by atoms with E-state index < -0.39 is 0 Å². The summed E-state index contributed by atoms with van der Waals surface area (Å²) in [6, 6.07) is 7.64. The number of hydrogen-bond donors (Lipinski definition) is 3. The van der Waals surface area contributed by atoms with Crippen LogP contribution in [0.1, 0.15) is 28.3 Å². The molecule has 0 spiro atoms. The Morgan fingerprint density at radius 2 is 1.93 bits per heavy atom. The maximum absolute atomic E-state index is 5.18. The molecule has 0 saturated heterocycles. The average molecular weight is 527 g/mol. The van der Waals surface area contributed by atoms with E-state index in [1.54, 1.807) is 18.4 Å². The van der Waals surface area contributed by atoms with Gasteiger partial charge in [0.1, 0.15) is 18.1 Å². The van der Waals surface area contributed by atoms with Gasteiger partial charge in [-0.1, -0.05) is 0 Å². The van der Waals surface area contributed by atoms with Crippen molar-refractivity contribution in [1.82, 2.24) is 30.8 Å². The maximum Gasteiger partial charge on any atom is 0.191 e. The summed E-state index contributed by atoms with van der Waals surface area (Å²) in [5, 5.41) is 14.9. The van der Waals surface area contributed by atoms with Gasteiger partial charge >= 0.3 is 0 Å². The molecule has 3 aromatic rings. The first kappa shape index (κ1) is 23.1. The van der Waals surface area contributed by atoms with Gasteiger partial charge in [-0.05, 0) is 45.0 Å². The van der Waals surface area contributed by atoms with Crippen LogP contribution in [-0.4, -0.2) is 39.8 Å². The highest BCUT2D eigenvalue weighted by molar-refractivity contribution is 14.0. The summed E-state index contributed by atoms with van der Waals surface area (Å²) in [7, 11) is 1.64. The molecular formula is C19H26IN7OS. The Morgan fingerprint density at radius 3 is 2.55 bits per heavy atom. The van der Waals surface area contributed by atoms with E-state index in [4.69, 9.17) is 4.74 Å². The van der Waals surface area contributed by atoms with Crippen LogP contribution in [0.2, 0.25) is 0 Å². The molecule has 0 amide bonds. The molecule has 0 radical (unpaired) electrons. The zero-order valence-corrected chi connectivity index (χ0v) is 20.1. The zero-order valence-electron chi connectivity index (χ0n) is 16.9. The van der Waals surface area contributed by atoms with Crippen molar-refractivity contribution in [3.63, 3.8) is 0 Å². The molecule has 1 aromatic carbocycles. The smallest absolute Gasteiger partial charge is 0.191 e. The first-order valence-corrected chi connectivity index (χ1v) is 9.91. The fraction of sp³-hybridized carbons (Fsp3) is 0.368. The number of aryl methyl sites for hydroxylation is 2. The molecule has 156 valence electrons. The molecule has 3 N–H and O–H groups in total. The van der Waals surface area contributed by atoms with Gasteiger partial charge in [0.15, 0.2) is 11.8 Å². The Kier molecular flexibility index (Phi) is 8.83. The molecule has 3 rings (SSSR count). The van der Waals surface area contributed by atoms with Gasteiger partial charge in [0.25, 0.3) is 0 Å². The van der Waals surface area contributed by atoms with Crippen molar-refractivity contribution in [1.29, 1.82) is 0 Å². The second-order valence-corrected chi connectivity index (χ2v) is 7.41. The van der Waals surface area contributed by atoms with Gasteiger partial charge in [0, 0.05) is 17.0 Å². The topological polar surface area (TPSA) is 100 Å². The standard InChI is InChI=1S/C19H25N7OS.HI/c1-5-20-19(21-10-16-12(2)23-13(3)28-16)22-11-17-24-18(26-25-17)14-6-8-15(27-4)9-7-14;/h6-9H,5,10-11H2,1-4H3,(H2,20,21,22)(H,24,25,26);1H. The molecule has 0 bridgehead atoms. The molecule has 2 heterocycles. The van der Waals surface area contributed by atoms with E-state index in [2.05, 4.69) is 35.8 Å². The van der Waals surface area contributed by atoms with Gasteiger partial charge in [0.2, 0.25) is 0 Å². The van der Waals surface area contributed by atoms with Crippen LogP contribution in [0.4, 0.5) is 0 Å². The summed E-state index contributed by atoms with van der Waals surface area (Å²) in [5.74, 6) is 2.88. The fourth-order valence-electron chi connectivity index (χ4n) is 2.63. The van der Waals surface area contributed by atoms with Crippen molar-refractivity contribution in [2.75, 3.05) is 13.7 Å². The second-order valence-electron chi connectivity index (χ2n) is 6.12. The molecule has 10 heteroatoms. The Bertz CT molecular complexity index is 936. The summed E-state index contributed by atoms with van der Waals surface area (Å²) in [4.78, 5) is 14.8. The number of hydrogen-bond acceptors (Lipinski definition) is 6. The van der Waals surface area contributed by atoms with Crippen LogP contribution in [0, 0.1) is 13.8 Å². The molecule has 0 aliphatic heterocycles. The van der Waals surface area contributed by atoms with E-state index >= 15 is 0 Å². The van der Waals surface area contributed by atoms with Gasteiger partial charge in [-0.3, -0.25) is 5.10 Å². The number of nitrogens with zero attached hydrogens (tertiary/aromatic N) is 4. The molecule has 0 aliphatic rings. The molecular weight excluding hydrogens is 501 g/mol. The number of H-pyrrole nitrogens is 1. The van der Waals surface area contributed by atoms with Gasteiger partial charge in [-0.15, -0.1) is 35.3 Å². The van der Waals surface area contributed by atoms with Crippen molar-refractivity contribution < 1.29 is 4.74 Å². The summed E-state index contributed by atoms with van der Waals surface area (Å²) in [6.45, 7) is 7.95. The Hall–Kier alpha value is -2.21. The lowest BCUT2D eigenvalue weighted by molar-refractivity contribution is 0.415. The number of aromatic nitrogens is 4. The van der Waals surface area contributed by atoms with Crippen LogP contribution in [0.3, 0.4) is 0 Å². The minimum Gasteiger partial charge on any atom is -0.497 e. The predicted molar refractivity (Wildman–Crippen MR) is 127 cm³/mol. The fourth-order valence-corrected chi connectivity index (χ4v) is 3.51. The lowest BCUT2D eigenvalue weighted by Gasteiger charge is -2.10. The minimum absolute atomic E-state index is 0. The third-order valence-corrected chi connectivity index (χ3v) is 5.10. The quantitative estimate of drug-likeness (QED) is 0.248. The highest BCUT2D eigenvalue weighted by atomic mass is 127. The number of thiazole rings is 1. The van der Waals surface area contributed by atoms with E-state index in [1.807, 2.05) is 45.0 Å². The molecule has 29 heavy (non-hydrogen) atoms. The molecule has 0 fully saturated rings. The highest BCUT2D eigenvalue weighted by Gasteiger charge is 2.08. The number of benzene rings is 1. The van der Waals surface area contributed by atoms with Crippen molar-refractivity contribution in [3.8, 4) is 17.1 Å². The number of aliphatic imine (C=N–C) groups is 1. The molecule has 0 unspecified atom stereocenters. The predicted octanol–water partition coefficient (Wildman–Crippen LogP) is 3.43. The summed E-state index contributed by atoms with van der Waals surface area (Å²) < 4.78 is 5.18. The van der Waals surface area contributed by atoms with Crippen molar-refractivity contribution >= 4 is 41.3 Å². The van der Waals surface area contributed by atoms with Crippen molar-refractivity contribution in [3.05, 3.63) is 45.7 Å². The largest absolute Gasteiger partial charge is 0.497 e. The van der Waals surface area contributed by atoms with Gasteiger partial charge in [-0.25, -0.2) is 15.0 Å². The first-order valence-electron chi connectivity index (χ1n) is 9.09. The second kappa shape index (κ2) is 11.1. The maximum atomic E-state index is 5.18. The number of methoxy groups -OCH3 is 1. The van der Waals surface area contributed by atoms with Crippen LogP contribution >= 0.6 is 35.3 Å². The number of rotatable bonds is 7. The Labute approximate surface area is 191 Å². The summed E-state index contributed by atoms with van der Waals surface area (Å²) in [5.41, 5.74) is 1.98. The Balaban J connectivity index is 0.00000300. The van der Waals surface area contributed by atoms with Crippen LogP contribution in [-0.2, 0) is 13.1 Å². The van der Waals surface area contributed by atoms with Gasteiger partial charge < -0.3 is 15.4 Å². The molecule has 0 atom stereocenters. The van der Waals surface area contributed by atoms with Crippen molar-refractivity contribution in [2.45, 2.75) is 33.9 Å². The van der Waals surface area contributed by atoms with Gasteiger partial charge in [0.05, 0.1) is 24.4 Å². The number of aromatic amines is 1. The summed E-state index contributed by atoms with van der Waals surface area (Å²) in [6.07, 6.45) is 0. The van der Waals surface area contributed by atoms with Gasteiger partial charge in [-0.2, -0.15) is 5.10 Å². The molecule has 0 aliphatic carbocycles. The lowest BCUT2D eigenvalue weighted by atomic mass is 10.2. The summed E-state index contributed by atoms with van der Waals surface area (Å²) >= 11 is 1.70. The van der Waals surface area contributed by atoms with Crippen molar-refractivity contribution in [2.24, 2.45) is 4.99 Å². The van der Waals surface area contributed by atoms with E-state index in [0.29, 0.717) is 24.7 Å². The number of nitrogens with one attached hydrogen (secondary N) is 3. The van der Waals surface area contributed by atoms with E-state index in [-0.39, 0.29) is 24.0 Å². The van der Waals surface area contributed by atoms with E-state index in [9.17, 15) is 0 Å². The third kappa shape index (κ3) is 6.39. The average Bonchev–Trinajstić information content (AvgIpc) is 3.30. The van der Waals surface area contributed by atoms with Crippen LogP contribution < -0.4 is 15.4 Å². The van der Waals surface area contributed by atoms with Crippen LogP contribution in [0.5, 0.6) is 5.75 Å². The molecule has 0 saturated carbocycles. The van der Waals surface area contributed by atoms with E-state index in [0.717, 1.165) is 34.5 Å². The number of ether oxygens (including phenoxy) is 1. The lowest BCUT2D eigenvalue weighted by Crippen LogP contribution is -2.36. The number of guanidine groups is 1. The SMILES string of the molecule is CCNC(=NCc1nc(-c2ccc(OC)cc2)n[nH]1)NCc1sc(C)nc1C.I. The molecule has 8 nitrogen and oxygen atoms in total. The minimum atomic E-state index is 0. The monoisotopic (exact) mass is 527 g/mol. The number of halogens is 1. The zero-order chi connectivity index (χ0) is 19.9. The molecule has 2 aromatic heterocycles. The Morgan fingerprint density at radius 1 is 1.17 bits per heavy atom.